The molecular weight excluding hydrogens is 258 g/mol. The quantitative estimate of drug-likeness (QED) is 0.854. The zero-order valence-corrected chi connectivity index (χ0v) is 11.8. The van der Waals surface area contributed by atoms with Crippen molar-refractivity contribution in [2.45, 2.75) is 51.0 Å². The number of carboxylic acid groups (broad SMARTS) is 1. The normalized spacial score (nSPS) is 32.1. The van der Waals surface area contributed by atoms with Crippen LogP contribution in [0.2, 0.25) is 0 Å². The fourth-order valence-electron chi connectivity index (χ4n) is 3.74. The molecule has 5 heteroatoms. The summed E-state index contributed by atoms with van der Waals surface area (Å²) < 4.78 is 5.62. The number of rotatable bonds is 3. The SMILES string of the molecule is O=C(O)[C@H]1CC12CCN(C(=O)C[C@H]1CCCCO1)CC2. The van der Waals surface area contributed by atoms with Gasteiger partial charge in [0.25, 0.3) is 0 Å². The van der Waals surface area contributed by atoms with Crippen molar-refractivity contribution in [3.63, 3.8) is 0 Å². The van der Waals surface area contributed by atoms with E-state index in [1.165, 1.54) is 0 Å². The van der Waals surface area contributed by atoms with E-state index in [0.29, 0.717) is 6.42 Å². The maximum atomic E-state index is 12.2. The third-order valence-corrected chi connectivity index (χ3v) is 5.28. The molecule has 0 radical (unpaired) electrons. The van der Waals surface area contributed by atoms with E-state index in [2.05, 4.69) is 0 Å². The third kappa shape index (κ3) is 2.68. The molecule has 1 spiro atoms. The minimum atomic E-state index is -0.666. The predicted molar refractivity (Wildman–Crippen MR) is 72.2 cm³/mol. The zero-order valence-electron chi connectivity index (χ0n) is 11.8. The number of aliphatic carboxylic acids is 1. The Bertz CT molecular complexity index is 395. The van der Waals surface area contributed by atoms with Crippen LogP contribution in [0.4, 0.5) is 0 Å². The zero-order chi connectivity index (χ0) is 14.2. The van der Waals surface area contributed by atoms with E-state index >= 15 is 0 Å². The van der Waals surface area contributed by atoms with Crippen LogP contribution >= 0.6 is 0 Å². The number of hydrogen-bond donors (Lipinski definition) is 1. The number of nitrogens with zero attached hydrogens (tertiary/aromatic N) is 1. The lowest BCUT2D eigenvalue weighted by Gasteiger charge is -2.34. The largest absolute Gasteiger partial charge is 0.481 e. The Morgan fingerprint density at radius 3 is 2.55 bits per heavy atom. The van der Waals surface area contributed by atoms with E-state index in [4.69, 9.17) is 9.84 Å². The minimum absolute atomic E-state index is 0.00392. The molecule has 3 rings (SSSR count). The van der Waals surface area contributed by atoms with Gasteiger partial charge in [0.15, 0.2) is 0 Å². The van der Waals surface area contributed by atoms with E-state index in [0.717, 1.165) is 58.2 Å². The van der Waals surface area contributed by atoms with Crippen molar-refractivity contribution in [1.82, 2.24) is 4.90 Å². The molecule has 3 aliphatic rings. The summed E-state index contributed by atoms with van der Waals surface area (Å²) in [5.74, 6) is -0.652. The highest BCUT2D eigenvalue weighted by atomic mass is 16.5. The lowest BCUT2D eigenvalue weighted by atomic mass is 9.90. The van der Waals surface area contributed by atoms with Crippen LogP contribution in [0.3, 0.4) is 0 Å². The van der Waals surface area contributed by atoms with Crippen molar-refractivity contribution in [3.8, 4) is 0 Å². The summed E-state index contributed by atoms with van der Waals surface area (Å²) in [7, 11) is 0. The maximum absolute atomic E-state index is 12.2. The first kappa shape index (κ1) is 13.9. The summed E-state index contributed by atoms with van der Waals surface area (Å²) in [4.78, 5) is 25.2. The van der Waals surface area contributed by atoms with Crippen LogP contribution in [0.25, 0.3) is 0 Å². The van der Waals surface area contributed by atoms with Crippen LogP contribution in [0.5, 0.6) is 0 Å². The van der Waals surface area contributed by atoms with E-state index in [1.54, 1.807) is 0 Å². The van der Waals surface area contributed by atoms with E-state index < -0.39 is 5.97 Å². The molecule has 1 aliphatic carbocycles. The first-order valence-electron chi connectivity index (χ1n) is 7.73. The van der Waals surface area contributed by atoms with E-state index in [1.807, 2.05) is 4.90 Å². The van der Waals surface area contributed by atoms with Gasteiger partial charge in [-0.3, -0.25) is 9.59 Å². The van der Waals surface area contributed by atoms with Crippen molar-refractivity contribution >= 4 is 11.9 Å². The highest BCUT2D eigenvalue weighted by molar-refractivity contribution is 5.77. The molecule has 0 unspecified atom stereocenters. The van der Waals surface area contributed by atoms with Crippen molar-refractivity contribution < 1.29 is 19.4 Å². The number of piperidine rings is 1. The summed E-state index contributed by atoms with van der Waals surface area (Å²) in [5, 5.41) is 9.07. The Morgan fingerprint density at radius 2 is 2.00 bits per heavy atom. The Labute approximate surface area is 119 Å². The second kappa shape index (κ2) is 5.35. The summed E-state index contributed by atoms with van der Waals surface area (Å²) >= 11 is 0. The Hall–Kier alpha value is -1.10. The second-order valence-electron chi connectivity index (χ2n) is 6.53. The Morgan fingerprint density at radius 1 is 1.25 bits per heavy atom. The molecule has 0 aromatic heterocycles. The number of likely N-dealkylation sites (tertiary alicyclic amines) is 1. The first-order chi connectivity index (χ1) is 9.61. The third-order valence-electron chi connectivity index (χ3n) is 5.28. The number of amides is 1. The number of carboxylic acids is 1. The smallest absolute Gasteiger partial charge is 0.307 e. The highest BCUT2D eigenvalue weighted by Crippen LogP contribution is 2.59. The molecule has 112 valence electrons. The van der Waals surface area contributed by atoms with Gasteiger partial charge >= 0.3 is 5.97 Å². The van der Waals surface area contributed by atoms with Crippen molar-refractivity contribution in [2.24, 2.45) is 11.3 Å². The van der Waals surface area contributed by atoms with Crippen LogP contribution in [0, 0.1) is 11.3 Å². The molecule has 2 saturated heterocycles. The van der Waals surface area contributed by atoms with Crippen molar-refractivity contribution in [1.29, 1.82) is 0 Å². The van der Waals surface area contributed by atoms with Crippen molar-refractivity contribution in [2.75, 3.05) is 19.7 Å². The van der Waals surface area contributed by atoms with Crippen LogP contribution in [0.1, 0.15) is 44.9 Å². The van der Waals surface area contributed by atoms with Gasteiger partial charge in [-0.25, -0.2) is 0 Å². The second-order valence-corrected chi connectivity index (χ2v) is 6.53. The monoisotopic (exact) mass is 281 g/mol. The fourth-order valence-corrected chi connectivity index (χ4v) is 3.74. The maximum Gasteiger partial charge on any atom is 0.307 e. The molecule has 1 N–H and O–H groups in total. The summed E-state index contributed by atoms with van der Waals surface area (Å²) in [5.41, 5.74) is 0.00392. The van der Waals surface area contributed by atoms with Gasteiger partial charge in [0.1, 0.15) is 0 Å². The molecule has 2 aliphatic heterocycles. The van der Waals surface area contributed by atoms with Crippen LogP contribution in [-0.4, -0.2) is 47.7 Å². The fraction of sp³-hybridized carbons (Fsp3) is 0.867. The molecule has 1 amide bonds. The first-order valence-corrected chi connectivity index (χ1v) is 7.73. The molecule has 20 heavy (non-hydrogen) atoms. The average Bonchev–Trinajstić information content (AvgIpc) is 3.15. The van der Waals surface area contributed by atoms with Gasteiger partial charge in [-0.05, 0) is 43.9 Å². The topological polar surface area (TPSA) is 66.8 Å². The van der Waals surface area contributed by atoms with Crippen molar-refractivity contribution in [3.05, 3.63) is 0 Å². The lowest BCUT2D eigenvalue weighted by molar-refractivity contribution is -0.140. The highest BCUT2D eigenvalue weighted by Gasteiger charge is 2.59. The van der Waals surface area contributed by atoms with Crippen LogP contribution < -0.4 is 0 Å². The van der Waals surface area contributed by atoms with Gasteiger partial charge in [0.2, 0.25) is 5.91 Å². The van der Waals surface area contributed by atoms with Gasteiger partial charge in [-0.2, -0.15) is 0 Å². The molecule has 0 bridgehead atoms. The van der Waals surface area contributed by atoms with Crippen LogP contribution in [0.15, 0.2) is 0 Å². The minimum Gasteiger partial charge on any atom is -0.481 e. The van der Waals surface area contributed by atoms with Gasteiger partial charge in [-0.15, -0.1) is 0 Å². The molecule has 3 fully saturated rings. The van der Waals surface area contributed by atoms with Crippen LogP contribution in [-0.2, 0) is 14.3 Å². The number of ether oxygens (including phenoxy) is 1. The van der Waals surface area contributed by atoms with Gasteiger partial charge in [-0.1, -0.05) is 0 Å². The molecule has 0 aromatic carbocycles. The van der Waals surface area contributed by atoms with Gasteiger partial charge in [0.05, 0.1) is 18.4 Å². The summed E-state index contributed by atoms with van der Waals surface area (Å²) in [6.07, 6.45) is 6.34. The molecule has 1 saturated carbocycles. The van der Waals surface area contributed by atoms with E-state index in [9.17, 15) is 9.59 Å². The lowest BCUT2D eigenvalue weighted by Crippen LogP contribution is -2.41. The van der Waals surface area contributed by atoms with Gasteiger partial charge < -0.3 is 14.7 Å². The molecular formula is C15H23NO4. The Kier molecular flexibility index (Phi) is 3.71. The molecule has 0 aromatic rings. The standard InChI is InChI=1S/C15H23NO4/c17-13(9-11-3-1-2-8-20-11)16-6-4-15(5-7-16)10-12(15)14(18)19/h11-12H,1-10H2,(H,18,19)/t11-,12-/m1/s1. The molecule has 5 nitrogen and oxygen atoms in total. The number of carbonyl (C=O) groups is 2. The number of carbonyl (C=O) groups excluding carboxylic acids is 1. The predicted octanol–water partition coefficient (Wildman–Crippen LogP) is 1.66. The summed E-state index contributed by atoms with van der Waals surface area (Å²) in [6.45, 7) is 2.21. The number of hydrogen-bond acceptors (Lipinski definition) is 3. The average molecular weight is 281 g/mol. The molecule has 2 heterocycles. The van der Waals surface area contributed by atoms with Gasteiger partial charge in [0, 0.05) is 19.7 Å². The van der Waals surface area contributed by atoms with E-state index in [-0.39, 0.29) is 23.3 Å². The summed E-state index contributed by atoms with van der Waals surface area (Å²) in [6, 6.07) is 0. The Balaban J connectivity index is 1.46. The molecule has 2 atom stereocenters.